The predicted molar refractivity (Wildman–Crippen MR) is 59.2 cm³/mol. The molecule has 100 valence electrons. The Balaban J connectivity index is 2.42. The van der Waals surface area contributed by atoms with Crippen LogP contribution in [0.3, 0.4) is 0 Å². The molecule has 3 nitrogen and oxygen atoms in total. The molecule has 0 aliphatic heterocycles. The van der Waals surface area contributed by atoms with Gasteiger partial charge in [0, 0.05) is 0 Å². The second-order valence-corrected chi connectivity index (χ2v) is 3.70. The van der Waals surface area contributed by atoms with Gasteiger partial charge in [-0.3, -0.25) is 4.79 Å². The van der Waals surface area contributed by atoms with E-state index in [-0.39, 0.29) is 29.5 Å². The zero-order valence-corrected chi connectivity index (χ0v) is 9.92. The lowest BCUT2D eigenvalue weighted by Gasteiger charge is -2.11. The summed E-state index contributed by atoms with van der Waals surface area (Å²) in [5, 5.41) is 0.218. The molecular weight excluding hydrogens is 273 g/mol. The van der Waals surface area contributed by atoms with Crippen molar-refractivity contribution in [1.82, 2.24) is 0 Å². The Bertz CT molecular complexity index is 407. The Labute approximate surface area is 106 Å². The number of rotatable bonds is 6. The number of alkyl halides is 3. The number of carbonyl (C=O) groups excluding carboxylic acids is 1. The molecule has 0 saturated heterocycles. The van der Waals surface area contributed by atoms with Crippen LogP contribution in [0.4, 0.5) is 13.2 Å². The standard InChI is InChI=1S/C11H10ClF3O3/c12-9-3-1-2-8(6-16)10(9)18-5-4-17-7-11(13,14)15/h1-3,6H,4-5,7H2. The van der Waals surface area contributed by atoms with Crippen molar-refractivity contribution >= 4 is 17.9 Å². The highest BCUT2D eigenvalue weighted by Crippen LogP contribution is 2.27. The summed E-state index contributed by atoms with van der Waals surface area (Å²) in [6.07, 6.45) is -3.81. The van der Waals surface area contributed by atoms with Crippen molar-refractivity contribution < 1.29 is 27.4 Å². The number of hydrogen-bond acceptors (Lipinski definition) is 3. The topological polar surface area (TPSA) is 35.5 Å². The van der Waals surface area contributed by atoms with Crippen LogP contribution in [0, 0.1) is 0 Å². The van der Waals surface area contributed by atoms with Gasteiger partial charge in [0.05, 0.1) is 17.2 Å². The van der Waals surface area contributed by atoms with Gasteiger partial charge in [0.15, 0.2) is 6.29 Å². The average Bonchev–Trinajstić information content (AvgIpc) is 2.29. The Kier molecular flexibility index (Phi) is 5.43. The summed E-state index contributed by atoms with van der Waals surface area (Å²) < 4.78 is 44.7. The van der Waals surface area contributed by atoms with Crippen molar-refractivity contribution in [2.45, 2.75) is 6.18 Å². The quantitative estimate of drug-likeness (QED) is 0.594. The summed E-state index contributed by atoms with van der Waals surface area (Å²) in [5.41, 5.74) is 0.235. The van der Waals surface area contributed by atoms with E-state index in [2.05, 4.69) is 4.74 Å². The van der Waals surface area contributed by atoms with Crippen molar-refractivity contribution in [2.75, 3.05) is 19.8 Å². The van der Waals surface area contributed by atoms with Crippen molar-refractivity contribution in [3.63, 3.8) is 0 Å². The van der Waals surface area contributed by atoms with E-state index in [1.807, 2.05) is 0 Å². The van der Waals surface area contributed by atoms with Crippen molar-refractivity contribution in [2.24, 2.45) is 0 Å². The smallest absolute Gasteiger partial charge is 0.411 e. The van der Waals surface area contributed by atoms with E-state index in [0.29, 0.717) is 6.29 Å². The van der Waals surface area contributed by atoms with E-state index < -0.39 is 12.8 Å². The molecule has 1 rings (SSSR count). The van der Waals surface area contributed by atoms with Gasteiger partial charge in [-0.1, -0.05) is 17.7 Å². The molecule has 0 heterocycles. The molecule has 0 unspecified atom stereocenters. The van der Waals surface area contributed by atoms with Gasteiger partial charge in [0.25, 0.3) is 0 Å². The van der Waals surface area contributed by atoms with Gasteiger partial charge in [-0.15, -0.1) is 0 Å². The van der Waals surface area contributed by atoms with Crippen LogP contribution in [0.5, 0.6) is 5.75 Å². The molecule has 0 spiro atoms. The third-order valence-electron chi connectivity index (χ3n) is 1.86. The van der Waals surface area contributed by atoms with E-state index in [0.717, 1.165) is 0 Å². The molecule has 7 heteroatoms. The largest absolute Gasteiger partial charge is 0.489 e. The highest BCUT2D eigenvalue weighted by molar-refractivity contribution is 6.32. The lowest BCUT2D eigenvalue weighted by molar-refractivity contribution is -0.175. The minimum Gasteiger partial charge on any atom is -0.489 e. The van der Waals surface area contributed by atoms with Crippen LogP contribution in [0.1, 0.15) is 10.4 Å². The molecule has 0 saturated carbocycles. The first kappa shape index (κ1) is 14.8. The number of benzene rings is 1. The van der Waals surface area contributed by atoms with Crippen LogP contribution < -0.4 is 4.74 Å². The molecule has 0 fully saturated rings. The fourth-order valence-corrected chi connectivity index (χ4v) is 1.40. The zero-order chi connectivity index (χ0) is 13.6. The molecule has 0 aromatic heterocycles. The Morgan fingerprint density at radius 1 is 1.28 bits per heavy atom. The van der Waals surface area contributed by atoms with E-state index in [1.54, 1.807) is 6.07 Å². The number of aldehydes is 1. The van der Waals surface area contributed by atoms with Gasteiger partial charge in [-0.05, 0) is 12.1 Å². The summed E-state index contributed by atoms with van der Waals surface area (Å²) in [4.78, 5) is 10.7. The first-order chi connectivity index (χ1) is 8.44. The van der Waals surface area contributed by atoms with Crippen molar-refractivity contribution in [1.29, 1.82) is 0 Å². The maximum Gasteiger partial charge on any atom is 0.411 e. The normalized spacial score (nSPS) is 11.3. The number of ether oxygens (including phenoxy) is 2. The van der Waals surface area contributed by atoms with E-state index in [9.17, 15) is 18.0 Å². The summed E-state index contributed by atoms with van der Waals surface area (Å²) in [7, 11) is 0. The fraction of sp³-hybridized carbons (Fsp3) is 0.364. The summed E-state index contributed by atoms with van der Waals surface area (Å²) in [5.74, 6) is 0.143. The minimum absolute atomic E-state index is 0.124. The number of carbonyl (C=O) groups is 1. The van der Waals surface area contributed by atoms with Crippen LogP contribution in [0.25, 0.3) is 0 Å². The molecule has 0 radical (unpaired) electrons. The Hall–Kier alpha value is -1.27. The third kappa shape index (κ3) is 4.93. The van der Waals surface area contributed by atoms with Crippen LogP contribution in [-0.2, 0) is 4.74 Å². The molecule has 0 aliphatic carbocycles. The van der Waals surface area contributed by atoms with Crippen LogP contribution in [0.2, 0.25) is 5.02 Å². The lowest BCUT2D eigenvalue weighted by atomic mass is 10.2. The molecule has 0 atom stereocenters. The second kappa shape index (κ2) is 6.61. The van der Waals surface area contributed by atoms with Crippen molar-refractivity contribution in [3.05, 3.63) is 28.8 Å². The average molecular weight is 283 g/mol. The summed E-state index contributed by atoms with van der Waals surface area (Å²) >= 11 is 5.79. The van der Waals surface area contributed by atoms with E-state index >= 15 is 0 Å². The molecule has 18 heavy (non-hydrogen) atoms. The summed E-state index contributed by atoms with van der Waals surface area (Å²) in [6, 6.07) is 4.57. The maximum absolute atomic E-state index is 11.8. The Morgan fingerprint density at radius 3 is 2.61 bits per heavy atom. The van der Waals surface area contributed by atoms with Crippen LogP contribution in [-0.4, -0.2) is 32.3 Å². The van der Waals surface area contributed by atoms with E-state index in [4.69, 9.17) is 16.3 Å². The van der Waals surface area contributed by atoms with Crippen LogP contribution in [0.15, 0.2) is 18.2 Å². The highest BCUT2D eigenvalue weighted by atomic mass is 35.5. The van der Waals surface area contributed by atoms with Crippen molar-refractivity contribution in [3.8, 4) is 5.75 Å². The lowest BCUT2D eigenvalue weighted by Crippen LogP contribution is -2.19. The first-order valence-corrected chi connectivity index (χ1v) is 5.33. The molecule has 0 N–H and O–H groups in total. The summed E-state index contributed by atoms with van der Waals surface area (Å²) in [6.45, 7) is -1.71. The van der Waals surface area contributed by atoms with Gasteiger partial charge in [-0.25, -0.2) is 0 Å². The van der Waals surface area contributed by atoms with E-state index in [1.165, 1.54) is 12.1 Å². The van der Waals surface area contributed by atoms with Gasteiger partial charge < -0.3 is 9.47 Å². The maximum atomic E-state index is 11.8. The first-order valence-electron chi connectivity index (χ1n) is 4.95. The molecule has 0 aliphatic rings. The zero-order valence-electron chi connectivity index (χ0n) is 9.17. The third-order valence-corrected chi connectivity index (χ3v) is 2.16. The molecule has 1 aromatic rings. The van der Waals surface area contributed by atoms with Gasteiger partial charge in [0.2, 0.25) is 0 Å². The van der Waals surface area contributed by atoms with Gasteiger partial charge in [-0.2, -0.15) is 13.2 Å². The molecule has 0 bridgehead atoms. The monoisotopic (exact) mass is 282 g/mol. The number of hydrogen-bond donors (Lipinski definition) is 0. The molecule has 1 aromatic carbocycles. The van der Waals surface area contributed by atoms with Gasteiger partial charge >= 0.3 is 6.18 Å². The Morgan fingerprint density at radius 2 is 2.00 bits per heavy atom. The minimum atomic E-state index is -4.36. The predicted octanol–water partition coefficient (Wildman–Crippen LogP) is 3.11. The molecular formula is C11H10ClF3O3. The second-order valence-electron chi connectivity index (χ2n) is 3.29. The SMILES string of the molecule is O=Cc1cccc(Cl)c1OCCOCC(F)(F)F. The highest BCUT2D eigenvalue weighted by Gasteiger charge is 2.27. The number of para-hydroxylation sites is 1. The van der Waals surface area contributed by atoms with Gasteiger partial charge in [0.1, 0.15) is 19.0 Å². The van der Waals surface area contributed by atoms with Crippen LogP contribution >= 0.6 is 11.6 Å². The molecule has 0 amide bonds. The fourth-order valence-electron chi connectivity index (χ4n) is 1.16. The number of halogens is 4.